The first-order valence-corrected chi connectivity index (χ1v) is 8.39. The Labute approximate surface area is 136 Å². The molecule has 0 radical (unpaired) electrons. The molecule has 128 valence electrons. The lowest BCUT2D eigenvalue weighted by Crippen LogP contribution is -2.39. The number of rotatable bonds is 7. The fraction of sp³-hybridized carbons (Fsp3) is 0.647. The molecule has 0 amide bonds. The van der Waals surface area contributed by atoms with Crippen molar-refractivity contribution >= 4 is 5.97 Å². The third-order valence-electron chi connectivity index (χ3n) is 4.57. The number of aliphatic carboxylic acids is 1. The van der Waals surface area contributed by atoms with Gasteiger partial charge in [0.15, 0.2) is 5.75 Å². The van der Waals surface area contributed by atoms with Crippen LogP contribution in [0, 0.1) is 0 Å². The number of carboxylic acids is 1. The van der Waals surface area contributed by atoms with Crippen LogP contribution in [0.2, 0.25) is 0 Å². The van der Waals surface area contributed by atoms with Gasteiger partial charge in [0.25, 0.3) is 0 Å². The Morgan fingerprint density at radius 3 is 2.87 bits per heavy atom. The Balaban J connectivity index is 2.16. The maximum atomic E-state index is 11.8. The van der Waals surface area contributed by atoms with Crippen molar-refractivity contribution in [1.29, 1.82) is 0 Å². The molecule has 0 bridgehead atoms. The summed E-state index contributed by atoms with van der Waals surface area (Å²) in [4.78, 5) is 24.9. The first-order valence-electron chi connectivity index (χ1n) is 8.39. The lowest BCUT2D eigenvalue weighted by molar-refractivity contribution is -0.137. The molecule has 2 N–H and O–H groups in total. The standard InChI is InChI=1S/C17H26N2O4/c1-2-13-6-3-4-8-18(13)11-14-10-15(20)16(21)12-19(14)9-5-7-17(22)23/h10,12-13,21H,2-9,11H2,1H3,(H,22,23). The summed E-state index contributed by atoms with van der Waals surface area (Å²) >= 11 is 0. The van der Waals surface area contributed by atoms with Crippen LogP contribution in [0.5, 0.6) is 5.75 Å². The summed E-state index contributed by atoms with van der Waals surface area (Å²) in [5.41, 5.74) is 0.470. The van der Waals surface area contributed by atoms with Gasteiger partial charge < -0.3 is 14.8 Å². The number of hydrogen-bond acceptors (Lipinski definition) is 4. The van der Waals surface area contributed by atoms with Gasteiger partial charge in [-0.3, -0.25) is 14.5 Å². The fourth-order valence-electron chi connectivity index (χ4n) is 3.29. The second-order valence-electron chi connectivity index (χ2n) is 6.23. The average molecular weight is 322 g/mol. The Hall–Kier alpha value is -1.82. The number of aromatic nitrogens is 1. The summed E-state index contributed by atoms with van der Waals surface area (Å²) in [7, 11) is 0. The number of nitrogens with zero attached hydrogens (tertiary/aromatic N) is 2. The fourth-order valence-corrected chi connectivity index (χ4v) is 3.29. The highest BCUT2D eigenvalue weighted by Crippen LogP contribution is 2.22. The number of likely N-dealkylation sites (tertiary alicyclic amines) is 1. The molecule has 0 spiro atoms. The quantitative estimate of drug-likeness (QED) is 0.804. The minimum Gasteiger partial charge on any atom is -0.503 e. The van der Waals surface area contributed by atoms with Gasteiger partial charge in [-0.15, -0.1) is 0 Å². The van der Waals surface area contributed by atoms with E-state index in [9.17, 15) is 14.7 Å². The number of aryl methyl sites for hydroxylation is 1. The predicted molar refractivity (Wildman–Crippen MR) is 87.6 cm³/mol. The summed E-state index contributed by atoms with van der Waals surface area (Å²) in [6.45, 7) is 4.35. The normalized spacial score (nSPS) is 18.9. The van der Waals surface area contributed by atoms with E-state index in [1.807, 2.05) is 4.57 Å². The number of hydrogen-bond donors (Lipinski definition) is 2. The number of pyridine rings is 1. The Kier molecular flexibility index (Phi) is 6.21. The zero-order valence-electron chi connectivity index (χ0n) is 13.7. The molecule has 1 fully saturated rings. The second kappa shape index (κ2) is 8.15. The van der Waals surface area contributed by atoms with Crippen molar-refractivity contribution in [1.82, 2.24) is 9.47 Å². The number of carbonyl (C=O) groups is 1. The van der Waals surface area contributed by atoms with Crippen LogP contribution >= 0.6 is 0 Å². The first kappa shape index (κ1) is 17.5. The molecular formula is C17H26N2O4. The highest BCUT2D eigenvalue weighted by Gasteiger charge is 2.22. The molecule has 1 aromatic heterocycles. The van der Waals surface area contributed by atoms with Crippen LogP contribution in [-0.4, -0.2) is 38.2 Å². The van der Waals surface area contributed by atoms with Crippen molar-refractivity contribution in [2.45, 2.75) is 64.6 Å². The smallest absolute Gasteiger partial charge is 0.303 e. The molecule has 1 aliphatic heterocycles. The van der Waals surface area contributed by atoms with E-state index < -0.39 is 5.97 Å². The van der Waals surface area contributed by atoms with Gasteiger partial charge in [0.2, 0.25) is 5.43 Å². The van der Waals surface area contributed by atoms with Gasteiger partial charge in [0.1, 0.15) is 0 Å². The van der Waals surface area contributed by atoms with Gasteiger partial charge in [-0.05, 0) is 32.2 Å². The van der Waals surface area contributed by atoms with E-state index in [0.717, 1.165) is 25.1 Å². The van der Waals surface area contributed by atoms with Crippen molar-refractivity contribution < 1.29 is 15.0 Å². The van der Waals surface area contributed by atoms with Gasteiger partial charge in [-0.2, -0.15) is 0 Å². The van der Waals surface area contributed by atoms with Crippen molar-refractivity contribution in [2.24, 2.45) is 0 Å². The minimum atomic E-state index is -0.834. The van der Waals surface area contributed by atoms with E-state index in [0.29, 0.717) is 25.6 Å². The SMILES string of the molecule is CCC1CCCCN1Cc1cc(=O)c(O)cn1CCCC(=O)O. The molecule has 0 aromatic carbocycles. The molecule has 0 aliphatic carbocycles. The van der Waals surface area contributed by atoms with Gasteiger partial charge in [0.05, 0.1) is 6.20 Å². The molecule has 1 saturated heterocycles. The molecule has 1 aromatic rings. The predicted octanol–water partition coefficient (Wildman–Crippen LogP) is 2.18. The van der Waals surface area contributed by atoms with E-state index >= 15 is 0 Å². The molecule has 6 nitrogen and oxygen atoms in total. The van der Waals surface area contributed by atoms with E-state index in [-0.39, 0.29) is 17.6 Å². The molecule has 1 aliphatic rings. The van der Waals surface area contributed by atoms with Crippen molar-refractivity contribution in [3.05, 3.63) is 28.2 Å². The van der Waals surface area contributed by atoms with E-state index in [2.05, 4.69) is 11.8 Å². The summed E-state index contributed by atoms with van der Waals surface area (Å²) < 4.78 is 1.82. The van der Waals surface area contributed by atoms with Gasteiger partial charge in [-0.25, -0.2) is 0 Å². The number of aromatic hydroxyl groups is 1. The van der Waals surface area contributed by atoms with E-state index in [4.69, 9.17) is 5.11 Å². The van der Waals surface area contributed by atoms with Crippen molar-refractivity contribution in [3.8, 4) is 5.75 Å². The van der Waals surface area contributed by atoms with E-state index in [1.54, 1.807) is 0 Å². The maximum absolute atomic E-state index is 11.8. The molecule has 23 heavy (non-hydrogen) atoms. The second-order valence-corrected chi connectivity index (χ2v) is 6.23. The molecule has 1 unspecified atom stereocenters. The highest BCUT2D eigenvalue weighted by molar-refractivity contribution is 5.66. The zero-order chi connectivity index (χ0) is 16.8. The Morgan fingerprint density at radius 1 is 1.39 bits per heavy atom. The lowest BCUT2D eigenvalue weighted by atomic mass is 10.00. The summed E-state index contributed by atoms with van der Waals surface area (Å²) in [6, 6.07) is 2.01. The van der Waals surface area contributed by atoms with Crippen LogP contribution in [0.1, 0.15) is 51.1 Å². The minimum absolute atomic E-state index is 0.0770. The topological polar surface area (TPSA) is 82.8 Å². The lowest BCUT2D eigenvalue weighted by Gasteiger charge is -2.35. The van der Waals surface area contributed by atoms with Crippen LogP contribution in [0.15, 0.2) is 17.1 Å². The van der Waals surface area contributed by atoms with Gasteiger partial charge >= 0.3 is 5.97 Å². The average Bonchev–Trinajstić information content (AvgIpc) is 2.52. The van der Waals surface area contributed by atoms with Gasteiger partial charge in [0, 0.05) is 37.3 Å². The largest absolute Gasteiger partial charge is 0.503 e. The van der Waals surface area contributed by atoms with Crippen LogP contribution in [0.4, 0.5) is 0 Å². The van der Waals surface area contributed by atoms with E-state index in [1.165, 1.54) is 25.1 Å². The molecule has 2 heterocycles. The van der Waals surface area contributed by atoms with Crippen molar-refractivity contribution in [3.63, 3.8) is 0 Å². The van der Waals surface area contributed by atoms with Crippen molar-refractivity contribution in [2.75, 3.05) is 6.54 Å². The first-order chi connectivity index (χ1) is 11.0. The number of piperidine rings is 1. The maximum Gasteiger partial charge on any atom is 0.303 e. The Bertz CT molecular complexity index is 597. The van der Waals surface area contributed by atoms with Crippen LogP contribution in [0.25, 0.3) is 0 Å². The molecule has 2 rings (SSSR count). The molecule has 6 heteroatoms. The third kappa shape index (κ3) is 4.82. The summed E-state index contributed by atoms with van der Waals surface area (Å²) in [6.07, 6.45) is 6.66. The van der Waals surface area contributed by atoms with Crippen LogP contribution < -0.4 is 5.43 Å². The third-order valence-corrected chi connectivity index (χ3v) is 4.57. The molecule has 0 saturated carbocycles. The molecular weight excluding hydrogens is 296 g/mol. The summed E-state index contributed by atoms with van der Waals surface area (Å²) in [5.74, 6) is -1.12. The summed E-state index contributed by atoms with van der Waals surface area (Å²) in [5, 5.41) is 18.4. The Morgan fingerprint density at radius 2 is 2.17 bits per heavy atom. The number of carboxylic acid groups (broad SMARTS) is 1. The zero-order valence-corrected chi connectivity index (χ0v) is 13.7. The molecule has 1 atom stereocenters. The van der Waals surface area contributed by atoms with Crippen LogP contribution in [-0.2, 0) is 17.9 Å². The van der Waals surface area contributed by atoms with Crippen LogP contribution in [0.3, 0.4) is 0 Å². The van der Waals surface area contributed by atoms with Gasteiger partial charge in [-0.1, -0.05) is 13.3 Å². The highest BCUT2D eigenvalue weighted by atomic mass is 16.4. The monoisotopic (exact) mass is 322 g/mol.